The van der Waals surface area contributed by atoms with Crippen molar-refractivity contribution in [1.29, 1.82) is 0 Å². The summed E-state index contributed by atoms with van der Waals surface area (Å²) in [5.74, 6) is -5.74. The van der Waals surface area contributed by atoms with Gasteiger partial charge in [-0.1, -0.05) is 39.0 Å². The number of carbonyl (C=O) groups excluding carboxylic acids is 1. The van der Waals surface area contributed by atoms with E-state index in [0.29, 0.717) is 30.8 Å². The van der Waals surface area contributed by atoms with E-state index in [-0.39, 0.29) is 25.5 Å². The van der Waals surface area contributed by atoms with Crippen molar-refractivity contribution >= 4 is 20.0 Å². The number of rotatable bonds is 20. The third kappa shape index (κ3) is 11.5. The molecule has 0 saturated carbocycles. The fourth-order valence-electron chi connectivity index (χ4n) is 5.92. The van der Waals surface area contributed by atoms with Crippen LogP contribution in [-0.4, -0.2) is 52.3 Å². The summed E-state index contributed by atoms with van der Waals surface area (Å²) < 4.78 is 61.1. The van der Waals surface area contributed by atoms with Gasteiger partial charge in [0.05, 0.1) is 0 Å². The zero-order valence-corrected chi connectivity index (χ0v) is 28.2. The van der Waals surface area contributed by atoms with Crippen LogP contribution in [0, 0.1) is 5.92 Å². The number of fused-ring (bicyclic) bond motifs is 1. The molecule has 0 radical (unpaired) electrons. The fraction of sp³-hybridized carbons (Fsp3) is 0.667. The van der Waals surface area contributed by atoms with E-state index in [2.05, 4.69) is 11.9 Å². The quantitative estimate of drug-likeness (QED) is 0.0880. The first-order valence-corrected chi connectivity index (χ1v) is 18.6. The number of nitrogen functional groups attached to an aromatic ring is 1. The second-order valence-electron chi connectivity index (χ2n) is 12.4. The normalized spacial score (nSPS) is 19.4. The first kappa shape index (κ1) is 37.1. The van der Waals surface area contributed by atoms with E-state index >= 15 is 8.78 Å². The summed E-state index contributed by atoms with van der Waals surface area (Å²) in [4.78, 5) is 40.8. The number of carbonyl (C=O) groups is 1. The van der Waals surface area contributed by atoms with Gasteiger partial charge in [0.2, 0.25) is 0 Å². The Hall–Kier alpha value is -2.70. The molecule has 2 aliphatic heterocycles. The number of ether oxygens (including phenoxy) is 2. The number of alkyl halides is 2. The van der Waals surface area contributed by atoms with Crippen LogP contribution in [0.15, 0.2) is 41.3 Å². The number of hydrogen-bond acceptors (Lipinski definition) is 10. The minimum atomic E-state index is -4.33. The molecular weight excluding hydrogens is 635 g/mol. The molecule has 1 aromatic heterocycles. The van der Waals surface area contributed by atoms with Gasteiger partial charge < -0.3 is 0 Å². The topological polar surface area (TPSA) is 144 Å². The number of unbranched alkanes of at least 4 members (excludes halogenated alkanes) is 9. The van der Waals surface area contributed by atoms with Gasteiger partial charge in [0.25, 0.3) is 0 Å². The molecule has 0 spiro atoms. The molecule has 3 atom stereocenters. The monoisotopic (exact) mass is 685 g/mol. The van der Waals surface area contributed by atoms with E-state index in [9.17, 15) is 14.5 Å². The average molecular weight is 686 g/mol. The van der Waals surface area contributed by atoms with E-state index in [1.54, 1.807) is 24.3 Å². The van der Waals surface area contributed by atoms with Crippen LogP contribution in [-0.2, 0) is 29.9 Å². The summed E-state index contributed by atoms with van der Waals surface area (Å²) in [5, 5.41) is 0. The van der Waals surface area contributed by atoms with Crippen molar-refractivity contribution in [2.24, 2.45) is 5.92 Å². The molecule has 14 heteroatoms. The van der Waals surface area contributed by atoms with E-state index in [1.807, 2.05) is 0 Å². The predicted octanol–water partition coefficient (Wildman–Crippen LogP) is 6.68. The molecule has 3 unspecified atom stereocenters. The van der Waals surface area contributed by atoms with Gasteiger partial charge >= 0.3 is 237 Å². The van der Waals surface area contributed by atoms with Gasteiger partial charge in [-0.05, 0) is 0 Å². The van der Waals surface area contributed by atoms with Crippen LogP contribution in [0.4, 0.5) is 14.6 Å². The summed E-state index contributed by atoms with van der Waals surface area (Å²) in [7, 11) is -4.33. The number of aromatic nitrogens is 2. The number of nitrogens with zero attached hydrogens (tertiary/aromatic N) is 2. The summed E-state index contributed by atoms with van der Waals surface area (Å²) >= 11 is 0. The summed E-state index contributed by atoms with van der Waals surface area (Å²) in [6, 6.07) is 6.59. The van der Waals surface area contributed by atoms with Crippen LogP contribution in [0.5, 0.6) is 5.75 Å². The van der Waals surface area contributed by atoms with Crippen molar-refractivity contribution in [3.63, 3.8) is 0 Å². The SMILES string of the molecule is CCCCCCCCCCCCC(n1ccc(N)nc1=O)C(F)(F)CC(CO[PH]1(O)OCc2ccccc2O1)C(=O)OC1CCOC1. The van der Waals surface area contributed by atoms with Crippen molar-refractivity contribution in [1.82, 2.24) is 9.55 Å². The summed E-state index contributed by atoms with van der Waals surface area (Å²) in [6.45, 7) is 2.08. The maximum atomic E-state index is 16.4. The molecule has 4 rings (SSSR count). The third-order valence-electron chi connectivity index (χ3n) is 8.62. The Kier molecular flexibility index (Phi) is 14.4. The molecule has 2 aromatic rings. The van der Waals surface area contributed by atoms with Crippen LogP contribution in [0.3, 0.4) is 0 Å². The second kappa shape index (κ2) is 18.2. The fourth-order valence-corrected chi connectivity index (χ4v) is 7.35. The minimum absolute atomic E-state index is 0.00241. The summed E-state index contributed by atoms with van der Waals surface area (Å²) in [5.41, 5.74) is 5.44. The third-order valence-corrected chi connectivity index (χ3v) is 10.1. The van der Waals surface area contributed by atoms with E-state index in [4.69, 9.17) is 28.8 Å². The molecule has 0 amide bonds. The Labute approximate surface area is 275 Å². The molecule has 264 valence electrons. The number of esters is 1. The number of nitrogens with two attached hydrogens (primary N) is 1. The van der Waals surface area contributed by atoms with E-state index in [0.717, 1.165) is 30.3 Å². The Morgan fingerprint density at radius 2 is 1.83 bits per heavy atom. The number of para-hydroxylation sites is 1. The molecule has 0 bridgehead atoms. The Balaban J connectivity index is 1.45. The number of hydrogen-bond donors (Lipinski definition) is 2. The van der Waals surface area contributed by atoms with Gasteiger partial charge in [-0.25, -0.2) is 0 Å². The number of benzene rings is 1. The Bertz CT molecular complexity index is 1330. The van der Waals surface area contributed by atoms with Crippen molar-refractivity contribution in [2.45, 2.75) is 115 Å². The predicted molar refractivity (Wildman–Crippen MR) is 175 cm³/mol. The van der Waals surface area contributed by atoms with E-state index < -0.39 is 56.8 Å². The number of halogens is 2. The zero-order chi connectivity index (χ0) is 33.7. The average Bonchev–Trinajstić information content (AvgIpc) is 3.55. The number of anilines is 1. The molecule has 0 aliphatic carbocycles. The van der Waals surface area contributed by atoms with Gasteiger partial charge in [-0.3, -0.25) is 0 Å². The van der Waals surface area contributed by atoms with Crippen molar-refractivity contribution in [3.8, 4) is 5.75 Å². The van der Waals surface area contributed by atoms with Gasteiger partial charge in [-0.2, -0.15) is 0 Å². The second-order valence-corrected chi connectivity index (χ2v) is 14.3. The molecule has 2 aliphatic rings. The zero-order valence-electron chi connectivity index (χ0n) is 27.2. The van der Waals surface area contributed by atoms with Crippen molar-refractivity contribution in [2.75, 3.05) is 25.6 Å². The van der Waals surface area contributed by atoms with E-state index in [1.165, 1.54) is 44.4 Å². The molecular formula is C33H50F2N3O8P. The van der Waals surface area contributed by atoms with Crippen LogP contribution in [0.2, 0.25) is 0 Å². The van der Waals surface area contributed by atoms with Crippen LogP contribution >= 0.6 is 8.17 Å². The standard InChI is InChI=1S/C33H50F2N3O8P/c1-2-3-4-5-6-7-8-9-10-11-16-29(38-19-17-30(36)37-32(38)40)33(34,35)21-26(31(39)45-27-18-20-42-24-27)23-44-47(41)43-22-25-14-12-13-15-28(25)46-47/h12-15,17,19,26-27,29,41,47H,2-11,16,18,20-24H2,1H3,(H2,36,37,40). The van der Waals surface area contributed by atoms with Crippen molar-refractivity contribution in [3.05, 3.63) is 52.6 Å². The molecule has 3 N–H and O–H groups in total. The Morgan fingerprint density at radius 1 is 1.13 bits per heavy atom. The van der Waals surface area contributed by atoms with Crippen LogP contribution < -0.4 is 15.9 Å². The Morgan fingerprint density at radius 3 is 2.51 bits per heavy atom. The van der Waals surface area contributed by atoms with Crippen molar-refractivity contribution < 1.29 is 41.5 Å². The molecule has 11 nitrogen and oxygen atoms in total. The maximum absolute atomic E-state index is 16.4. The first-order chi connectivity index (χ1) is 22.6. The van der Waals surface area contributed by atoms with Gasteiger partial charge in [-0.15, -0.1) is 0 Å². The van der Waals surface area contributed by atoms with Crippen LogP contribution in [0.1, 0.15) is 102 Å². The molecule has 1 aromatic carbocycles. The van der Waals surface area contributed by atoms with Gasteiger partial charge in [0.15, 0.2) is 0 Å². The summed E-state index contributed by atoms with van der Waals surface area (Å²) in [6.07, 6.45) is 10.3. The molecule has 3 heterocycles. The van der Waals surface area contributed by atoms with Gasteiger partial charge in [0.1, 0.15) is 0 Å². The van der Waals surface area contributed by atoms with Crippen LogP contribution in [0.25, 0.3) is 0 Å². The molecule has 1 saturated heterocycles. The first-order valence-electron chi connectivity index (χ1n) is 16.9. The molecule has 47 heavy (non-hydrogen) atoms. The van der Waals surface area contributed by atoms with Gasteiger partial charge in [0, 0.05) is 0 Å². The molecule has 1 fully saturated rings.